The van der Waals surface area contributed by atoms with Crippen LogP contribution in [0.3, 0.4) is 0 Å². The summed E-state index contributed by atoms with van der Waals surface area (Å²) in [6.45, 7) is 14.7. The summed E-state index contributed by atoms with van der Waals surface area (Å²) < 4.78 is 11.7. The minimum Gasteiger partial charge on any atom is -0.490 e. The number of carboxylic acid groups (broad SMARTS) is 1. The SMILES string of the molecule is C=CCc1cc(C2C3=C(CC(C)(C)CC3=O)N(Cc3ccccc3)C3=C2C(=O)CC(C)(C)C3)cc(OCC)c1OCC(=O)O. The van der Waals surface area contributed by atoms with Gasteiger partial charge >= 0.3 is 5.97 Å². The zero-order valence-electron chi connectivity index (χ0n) is 26.5. The van der Waals surface area contributed by atoms with Gasteiger partial charge in [-0.05, 0) is 54.2 Å². The van der Waals surface area contributed by atoms with Gasteiger partial charge < -0.3 is 19.5 Å². The molecule has 0 unspecified atom stereocenters. The van der Waals surface area contributed by atoms with Crippen LogP contribution in [0.2, 0.25) is 0 Å². The van der Waals surface area contributed by atoms with Gasteiger partial charge in [-0.2, -0.15) is 0 Å². The van der Waals surface area contributed by atoms with Crippen LogP contribution >= 0.6 is 0 Å². The highest BCUT2D eigenvalue weighted by Gasteiger charge is 2.49. The van der Waals surface area contributed by atoms with Gasteiger partial charge in [-0.3, -0.25) is 9.59 Å². The first kappa shape index (κ1) is 31.3. The summed E-state index contributed by atoms with van der Waals surface area (Å²) in [5.74, 6) is -0.810. The number of allylic oxidation sites excluding steroid dienone is 5. The van der Waals surface area contributed by atoms with E-state index in [1.54, 1.807) is 6.08 Å². The van der Waals surface area contributed by atoms with Crippen molar-refractivity contribution in [2.24, 2.45) is 10.8 Å². The summed E-state index contributed by atoms with van der Waals surface area (Å²) in [6.07, 6.45) is 4.32. The number of aliphatic carboxylic acids is 1. The fraction of sp³-hybridized carbons (Fsp3) is 0.432. The van der Waals surface area contributed by atoms with E-state index in [0.29, 0.717) is 73.5 Å². The number of benzene rings is 2. The molecule has 0 aromatic heterocycles. The minimum absolute atomic E-state index is 0.0536. The average Bonchev–Trinajstić information content (AvgIpc) is 2.92. The second-order valence-corrected chi connectivity index (χ2v) is 13.7. The first-order chi connectivity index (χ1) is 20.8. The normalized spacial score (nSPS) is 19.4. The van der Waals surface area contributed by atoms with Gasteiger partial charge in [-0.15, -0.1) is 6.58 Å². The largest absolute Gasteiger partial charge is 0.490 e. The van der Waals surface area contributed by atoms with E-state index < -0.39 is 18.5 Å². The highest BCUT2D eigenvalue weighted by Crippen LogP contribution is 2.55. The van der Waals surface area contributed by atoms with Crippen molar-refractivity contribution < 1.29 is 29.0 Å². The molecule has 0 atom stereocenters. The lowest BCUT2D eigenvalue weighted by Gasteiger charge is -2.49. The molecule has 0 saturated heterocycles. The van der Waals surface area contributed by atoms with Crippen LogP contribution in [0, 0.1) is 10.8 Å². The molecule has 5 rings (SSSR count). The van der Waals surface area contributed by atoms with Gasteiger partial charge in [-0.25, -0.2) is 4.79 Å². The fourth-order valence-corrected chi connectivity index (χ4v) is 7.06. The maximum atomic E-state index is 14.2. The van der Waals surface area contributed by atoms with E-state index in [1.807, 2.05) is 37.3 Å². The smallest absolute Gasteiger partial charge is 0.341 e. The van der Waals surface area contributed by atoms with E-state index in [1.165, 1.54) is 0 Å². The number of ketones is 2. The molecule has 232 valence electrons. The third kappa shape index (κ3) is 6.23. The lowest BCUT2D eigenvalue weighted by molar-refractivity contribution is -0.139. The Morgan fingerprint density at radius 2 is 1.55 bits per heavy atom. The second-order valence-electron chi connectivity index (χ2n) is 13.7. The molecule has 0 radical (unpaired) electrons. The van der Waals surface area contributed by atoms with Crippen LogP contribution in [0.15, 0.2) is 77.7 Å². The molecule has 0 saturated carbocycles. The van der Waals surface area contributed by atoms with Gasteiger partial charge in [0.1, 0.15) is 0 Å². The Labute approximate surface area is 260 Å². The molecule has 3 aliphatic rings. The van der Waals surface area contributed by atoms with Crippen LogP contribution in [-0.4, -0.2) is 40.8 Å². The van der Waals surface area contributed by atoms with E-state index in [2.05, 4.69) is 51.3 Å². The van der Waals surface area contributed by atoms with Crippen LogP contribution in [0.4, 0.5) is 0 Å². The number of ether oxygens (including phenoxy) is 2. The van der Waals surface area contributed by atoms with Gasteiger partial charge in [0.25, 0.3) is 0 Å². The van der Waals surface area contributed by atoms with Crippen molar-refractivity contribution in [2.75, 3.05) is 13.2 Å². The number of carbonyl (C=O) groups excluding carboxylic acids is 2. The van der Waals surface area contributed by atoms with Gasteiger partial charge in [0.15, 0.2) is 29.7 Å². The average molecular weight is 598 g/mol. The zero-order chi connectivity index (χ0) is 31.8. The Bertz CT molecular complexity index is 1510. The molecule has 2 aromatic rings. The molecule has 0 fully saturated rings. The number of carbonyl (C=O) groups is 3. The molecular weight excluding hydrogens is 554 g/mol. The monoisotopic (exact) mass is 597 g/mol. The zero-order valence-corrected chi connectivity index (χ0v) is 26.5. The van der Waals surface area contributed by atoms with E-state index in [-0.39, 0.29) is 22.4 Å². The number of nitrogens with zero attached hydrogens (tertiary/aromatic N) is 1. The lowest BCUT2D eigenvalue weighted by Crippen LogP contribution is -2.44. The molecule has 0 bridgehead atoms. The molecule has 1 aliphatic heterocycles. The van der Waals surface area contributed by atoms with E-state index in [4.69, 9.17) is 9.47 Å². The Balaban J connectivity index is 1.78. The maximum absolute atomic E-state index is 14.2. The fourth-order valence-electron chi connectivity index (χ4n) is 7.06. The first-order valence-corrected chi connectivity index (χ1v) is 15.4. The predicted octanol–water partition coefficient (Wildman–Crippen LogP) is 7.16. The van der Waals surface area contributed by atoms with Crippen LogP contribution in [0.1, 0.15) is 82.9 Å². The number of hydrogen-bond donors (Lipinski definition) is 1. The van der Waals surface area contributed by atoms with E-state index >= 15 is 0 Å². The summed E-state index contributed by atoms with van der Waals surface area (Å²) in [6, 6.07) is 14.0. The van der Waals surface area contributed by atoms with Crippen molar-refractivity contribution in [3.05, 3.63) is 94.4 Å². The van der Waals surface area contributed by atoms with Crippen molar-refractivity contribution in [1.29, 1.82) is 0 Å². The van der Waals surface area contributed by atoms with Crippen LogP contribution < -0.4 is 9.47 Å². The van der Waals surface area contributed by atoms with Gasteiger partial charge in [0.2, 0.25) is 0 Å². The first-order valence-electron chi connectivity index (χ1n) is 15.4. The summed E-state index contributed by atoms with van der Waals surface area (Å²) in [5, 5.41) is 9.33. The minimum atomic E-state index is -1.10. The third-order valence-corrected chi connectivity index (χ3v) is 8.70. The maximum Gasteiger partial charge on any atom is 0.341 e. The molecule has 0 spiro atoms. The van der Waals surface area contributed by atoms with E-state index in [0.717, 1.165) is 22.5 Å². The van der Waals surface area contributed by atoms with Crippen molar-refractivity contribution in [3.63, 3.8) is 0 Å². The molecule has 2 aromatic carbocycles. The summed E-state index contributed by atoms with van der Waals surface area (Å²) >= 11 is 0. The van der Waals surface area contributed by atoms with Crippen LogP contribution in [0.25, 0.3) is 0 Å². The molecule has 44 heavy (non-hydrogen) atoms. The van der Waals surface area contributed by atoms with Crippen molar-refractivity contribution >= 4 is 17.5 Å². The Morgan fingerprint density at radius 1 is 0.955 bits per heavy atom. The molecule has 1 N–H and O–H groups in total. The molecule has 2 aliphatic carbocycles. The topological polar surface area (TPSA) is 93.1 Å². The molecule has 0 amide bonds. The van der Waals surface area contributed by atoms with E-state index in [9.17, 15) is 19.5 Å². The van der Waals surface area contributed by atoms with Crippen LogP contribution in [-0.2, 0) is 27.3 Å². The standard InChI is InChI=1S/C37H43NO6/c1-7-12-24-15-25(16-30(43-8-2)35(24)44-22-31(41)42)32-33-26(17-36(3,4)19-28(33)39)38(21-23-13-10-9-11-14-23)27-18-37(5,6)20-29(40)34(27)32/h7,9-11,13-16,32H,1,8,12,17-22H2,2-6H3,(H,41,42). The summed E-state index contributed by atoms with van der Waals surface area (Å²) in [7, 11) is 0. The number of rotatable bonds is 10. The van der Waals surface area contributed by atoms with Gasteiger partial charge in [-0.1, -0.05) is 70.2 Å². The molecule has 7 nitrogen and oxygen atoms in total. The quantitative estimate of drug-likeness (QED) is 0.291. The Kier molecular flexibility index (Phi) is 8.61. The summed E-state index contributed by atoms with van der Waals surface area (Å²) in [4.78, 5) is 42.2. The number of Topliss-reactive ketones (excluding diaryl/α,β-unsaturated/α-hetero) is 2. The van der Waals surface area contributed by atoms with Crippen molar-refractivity contribution in [2.45, 2.75) is 79.2 Å². The second kappa shape index (κ2) is 12.1. The van der Waals surface area contributed by atoms with Crippen molar-refractivity contribution in [1.82, 2.24) is 4.90 Å². The Hall–Kier alpha value is -4.13. The molecular formula is C37H43NO6. The van der Waals surface area contributed by atoms with Crippen molar-refractivity contribution in [3.8, 4) is 11.5 Å². The highest BCUT2D eigenvalue weighted by molar-refractivity contribution is 6.07. The Morgan fingerprint density at radius 3 is 2.07 bits per heavy atom. The van der Waals surface area contributed by atoms with Gasteiger partial charge in [0, 0.05) is 53.4 Å². The highest BCUT2D eigenvalue weighted by atomic mass is 16.5. The van der Waals surface area contributed by atoms with Crippen LogP contribution in [0.5, 0.6) is 11.5 Å². The third-order valence-electron chi connectivity index (χ3n) is 8.70. The number of carboxylic acids is 1. The molecule has 7 heteroatoms. The number of hydrogen-bond acceptors (Lipinski definition) is 6. The lowest BCUT2D eigenvalue weighted by atomic mass is 9.63. The van der Waals surface area contributed by atoms with Gasteiger partial charge in [0.05, 0.1) is 6.61 Å². The summed E-state index contributed by atoms with van der Waals surface area (Å²) in [5.41, 5.74) is 5.44. The molecule has 1 heterocycles. The predicted molar refractivity (Wildman–Crippen MR) is 169 cm³/mol.